The minimum atomic E-state index is -0.355. The second-order valence-electron chi connectivity index (χ2n) is 3.50. The lowest BCUT2D eigenvalue weighted by Gasteiger charge is -2.07. The molecule has 0 spiro atoms. The van der Waals surface area contributed by atoms with Crippen LogP contribution in [0.5, 0.6) is 0 Å². The number of ether oxygens (including phenoxy) is 1. The summed E-state index contributed by atoms with van der Waals surface area (Å²) < 4.78 is 4.54. The largest absolute Gasteiger partial charge is 0.468 e. The van der Waals surface area contributed by atoms with Crippen molar-refractivity contribution >= 4 is 22.4 Å². The van der Waals surface area contributed by atoms with Gasteiger partial charge in [-0.15, -0.1) is 0 Å². The lowest BCUT2D eigenvalue weighted by atomic mass is 10.1. The van der Waals surface area contributed by atoms with Crippen LogP contribution in [-0.4, -0.2) is 24.6 Å². The number of hydrogen-bond acceptors (Lipinski definition) is 4. The van der Waals surface area contributed by atoms with Crippen molar-refractivity contribution in [2.45, 2.75) is 0 Å². The van der Waals surface area contributed by atoms with Gasteiger partial charge in [0.25, 0.3) is 5.56 Å². The number of H-pyrrole nitrogens is 1. The van der Waals surface area contributed by atoms with Crippen molar-refractivity contribution < 1.29 is 9.53 Å². The van der Waals surface area contributed by atoms with E-state index in [2.05, 4.69) is 15.0 Å². The molecular weight excluding hydrogens is 220 g/mol. The van der Waals surface area contributed by atoms with E-state index in [1.165, 1.54) is 7.11 Å². The van der Waals surface area contributed by atoms with Crippen molar-refractivity contribution in [2.75, 3.05) is 19.0 Å². The fourth-order valence-corrected chi connectivity index (χ4v) is 1.61. The SMILES string of the molecule is COC(=O)CNc1cccc2c(=O)[nH]ccc12. The summed E-state index contributed by atoms with van der Waals surface area (Å²) in [6.45, 7) is 0.0718. The molecule has 88 valence electrons. The third-order valence-electron chi connectivity index (χ3n) is 2.47. The summed E-state index contributed by atoms with van der Waals surface area (Å²) in [4.78, 5) is 25.2. The first-order valence-electron chi connectivity index (χ1n) is 5.13. The van der Waals surface area contributed by atoms with Crippen LogP contribution in [0.4, 0.5) is 5.69 Å². The van der Waals surface area contributed by atoms with Crippen molar-refractivity contribution in [3.63, 3.8) is 0 Å². The number of benzene rings is 1. The van der Waals surface area contributed by atoms with E-state index in [1.807, 2.05) is 6.07 Å². The smallest absolute Gasteiger partial charge is 0.325 e. The van der Waals surface area contributed by atoms with E-state index < -0.39 is 0 Å². The Balaban J connectivity index is 2.38. The van der Waals surface area contributed by atoms with Gasteiger partial charge in [-0.1, -0.05) is 6.07 Å². The van der Waals surface area contributed by atoms with Crippen LogP contribution >= 0.6 is 0 Å². The zero-order valence-corrected chi connectivity index (χ0v) is 9.32. The molecule has 2 rings (SSSR count). The lowest BCUT2D eigenvalue weighted by Crippen LogP contribution is -2.15. The first kappa shape index (κ1) is 11.2. The number of carbonyl (C=O) groups excluding carboxylic acids is 1. The fourth-order valence-electron chi connectivity index (χ4n) is 1.61. The summed E-state index contributed by atoms with van der Waals surface area (Å²) in [6.07, 6.45) is 1.58. The highest BCUT2D eigenvalue weighted by molar-refractivity contribution is 5.94. The van der Waals surface area contributed by atoms with Crippen LogP contribution in [0.2, 0.25) is 0 Å². The molecule has 0 fully saturated rings. The Bertz CT molecular complexity index is 604. The van der Waals surface area contributed by atoms with Crippen molar-refractivity contribution in [1.29, 1.82) is 0 Å². The minimum Gasteiger partial charge on any atom is -0.468 e. The maximum atomic E-state index is 11.6. The standard InChI is InChI=1S/C12H12N2O3/c1-17-11(15)7-14-10-4-2-3-9-8(10)5-6-13-12(9)16/h2-6,14H,7H2,1H3,(H,13,16). The van der Waals surface area contributed by atoms with Gasteiger partial charge >= 0.3 is 5.97 Å². The number of rotatable bonds is 3. The number of fused-ring (bicyclic) bond motifs is 1. The first-order valence-corrected chi connectivity index (χ1v) is 5.13. The number of anilines is 1. The van der Waals surface area contributed by atoms with Crippen LogP contribution in [0.25, 0.3) is 10.8 Å². The van der Waals surface area contributed by atoms with E-state index in [0.717, 1.165) is 11.1 Å². The second kappa shape index (κ2) is 4.69. The molecule has 5 nitrogen and oxygen atoms in total. The highest BCUT2D eigenvalue weighted by Gasteiger charge is 2.05. The number of methoxy groups -OCH3 is 1. The Hall–Kier alpha value is -2.30. The van der Waals surface area contributed by atoms with Crippen molar-refractivity contribution in [1.82, 2.24) is 4.98 Å². The Morgan fingerprint density at radius 1 is 1.35 bits per heavy atom. The van der Waals surface area contributed by atoms with Crippen molar-refractivity contribution in [2.24, 2.45) is 0 Å². The van der Waals surface area contributed by atoms with Gasteiger partial charge in [0.2, 0.25) is 0 Å². The van der Waals surface area contributed by atoms with E-state index in [0.29, 0.717) is 5.39 Å². The first-order chi connectivity index (χ1) is 8.22. The molecule has 0 amide bonds. The predicted octanol–water partition coefficient (Wildman–Crippen LogP) is 1.11. The number of nitrogens with one attached hydrogen (secondary N) is 2. The van der Waals surface area contributed by atoms with Crippen molar-refractivity contribution in [3.05, 3.63) is 40.8 Å². The molecule has 0 saturated carbocycles. The van der Waals surface area contributed by atoms with Crippen LogP contribution in [0.1, 0.15) is 0 Å². The molecule has 0 unspecified atom stereocenters. The number of aromatic nitrogens is 1. The highest BCUT2D eigenvalue weighted by atomic mass is 16.5. The summed E-state index contributed by atoms with van der Waals surface area (Å²) in [5.41, 5.74) is 0.586. The third kappa shape index (κ3) is 2.28. The molecule has 0 aliphatic rings. The molecule has 1 aromatic carbocycles. The average Bonchev–Trinajstić information content (AvgIpc) is 2.36. The quantitative estimate of drug-likeness (QED) is 0.778. The van der Waals surface area contributed by atoms with Gasteiger partial charge in [-0.25, -0.2) is 0 Å². The van der Waals surface area contributed by atoms with Crippen LogP contribution in [0.15, 0.2) is 35.3 Å². The maximum Gasteiger partial charge on any atom is 0.325 e. The van der Waals surface area contributed by atoms with Gasteiger partial charge in [-0.05, 0) is 18.2 Å². The summed E-state index contributed by atoms with van der Waals surface area (Å²) >= 11 is 0. The van der Waals surface area contributed by atoms with Gasteiger partial charge in [-0.3, -0.25) is 9.59 Å². The molecule has 1 aromatic heterocycles. The second-order valence-corrected chi connectivity index (χ2v) is 3.50. The molecule has 0 radical (unpaired) electrons. The number of pyridine rings is 1. The van der Waals surface area contributed by atoms with Gasteiger partial charge in [-0.2, -0.15) is 0 Å². The lowest BCUT2D eigenvalue weighted by molar-refractivity contribution is -0.138. The summed E-state index contributed by atoms with van der Waals surface area (Å²) in [5.74, 6) is -0.355. The number of aromatic amines is 1. The summed E-state index contributed by atoms with van der Waals surface area (Å²) in [5, 5.41) is 4.30. The molecule has 0 atom stereocenters. The Morgan fingerprint density at radius 2 is 2.18 bits per heavy atom. The van der Waals surface area contributed by atoms with E-state index in [9.17, 15) is 9.59 Å². The molecule has 2 aromatic rings. The normalized spacial score (nSPS) is 10.2. The monoisotopic (exact) mass is 232 g/mol. The molecule has 2 N–H and O–H groups in total. The molecule has 0 aliphatic heterocycles. The van der Waals surface area contributed by atoms with E-state index in [1.54, 1.807) is 24.4 Å². The van der Waals surface area contributed by atoms with Crippen LogP contribution in [0, 0.1) is 0 Å². The average molecular weight is 232 g/mol. The molecular formula is C12H12N2O3. The van der Waals surface area contributed by atoms with E-state index in [4.69, 9.17) is 0 Å². The number of hydrogen-bond donors (Lipinski definition) is 2. The van der Waals surface area contributed by atoms with Gasteiger partial charge in [0, 0.05) is 22.7 Å². The Labute approximate surface area is 97.4 Å². The Kier molecular flexibility index (Phi) is 3.09. The topological polar surface area (TPSA) is 71.2 Å². The van der Waals surface area contributed by atoms with Gasteiger partial charge < -0.3 is 15.0 Å². The summed E-state index contributed by atoms with van der Waals surface area (Å²) in [6, 6.07) is 7.09. The number of esters is 1. The Morgan fingerprint density at radius 3 is 2.94 bits per heavy atom. The zero-order valence-electron chi connectivity index (χ0n) is 9.32. The van der Waals surface area contributed by atoms with Crippen LogP contribution in [-0.2, 0) is 9.53 Å². The highest BCUT2D eigenvalue weighted by Crippen LogP contribution is 2.19. The van der Waals surface area contributed by atoms with Crippen LogP contribution < -0.4 is 10.9 Å². The predicted molar refractivity (Wildman–Crippen MR) is 65.1 cm³/mol. The molecule has 17 heavy (non-hydrogen) atoms. The maximum absolute atomic E-state index is 11.6. The molecule has 1 heterocycles. The molecule has 5 heteroatoms. The molecule has 0 bridgehead atoms. The fraction of sp³-hybridized carbons (Fsp3) is 0.167. The minimum absolute atomic E-state index is 0.0718. The zero-order chi connectivity index (χ0) is 12.3. The van der Waals surface area contributed by atoms with Gasteiger partial charge in [0.15, 0.2) is 0 Å². The summed E-state index contributed by atoms with van der Waals surface area (Å²) in [7, 11) is 1.33. The van der Waals surface area contributed by atoms with Crippen molar-refractivity contribution in [3.8, 4) is 0 Å². The van der Waals surface area contributed by atoms with Crippen LogP contribution in [0.3, 0.4) is 0 Å². The third-order valence-corrected chi connectivity index (χ3v) is 2.47. The van der Waals surface area contributed by atoms with E-state index in [-0.39, 0.29) is 18.1 Å². The molecule has 0 saturated heterocycles. The van der Waals surface area contributed by atoms with Gasteiger partial charge in [0.1, 0.15) is 6.54 Å². The van der Waals surface area contributed by atoms with Gasteiger partial charge in [0.05, 0.1) is 7.11 Å². The molecule has 0 aliphatic carbocycles. The number of carbonyl (C=O) groups is 1. The van der Waals surface area contributed by atoms with E-state index >= 15 is 0 Å².